The summed E-state index contributed by atoms with van der Waals surface area (Å²) in [5, 5.41) is 6.91. The first kappa shape index (κ1) is 35.2. The Morgan fingerprint density at radius 2 is 1.78 bits per heavy atom. The lowest BCUT2D eigenvalue weighted by Crippen LogP contribution is -2.61. The van der Waals surface area contributed by atoms with Crippen molar-refractivity contribution >= 4 is 40.2 Å². The van der Waals surface area contributed by atoms with E-state index in [1.165, 1.54) is 0 Å². The van der Waals surface area contributed by atoms with Crippen LogP contribution in [-0.2, 0) is 30.4 Å². The fraction of sp³-hybridized carbons (Fsp3) is 0.639. The van der Waals surface area contributed by atoms with Gasteiger partial charge in [0.1, 0.15) is 25.0 Å². The molecule has 3 heterocycles. The fourth-order valence-corrected chi connectivity index (χ4v) is 6.89. The third-order valence-electron chi connectivity index (χ3n) is 9.80. The van der Waals surface area contributed by atoms with Crippen molar-refractivity contribution in [2.75, 3.05) is 13.7 Å². The largest absolute Gasteiger partial charge is 0.417 e. The van der Waals surface area contributed by atoms with Crippen LogP contribution in [0.4, 0.5) is 0 Å². The third-order valence-corrected chi connectivity index (χ3v) is 9.80. The molecule has 0 spiro atoms. The molecule has 252 valence electrons. The Morgan fingerprint density at radius 3 is 2.52 bits per heavy atom. The molecule has 5 atom stereocenters. The zero-order valence-electron chi connectivity index (χ0n) is 28.0. The number of unbranched alkanes of at least 4 members (excludes halogenated alkanes) is 2. The fourth-order valence-electron chi connectivity index (χ4n) is 6.89. The zero-order valence-corrected chi connectivity index (χ0v) is 28.0. The van der Waals surface area contributed by atoms with Gasteiger partial charge in [-0.2, -0.15) is 4.73 Å². The lowest BCUT2D eigenvalue weighted by molar-refractivity contribution is -0.147. The molecule has 1 aromatic heterocycles. The standard InChI is InChI=1S/C36H52N4O6/c1-5-14-27(41)16-9-7-8-15-25-22-32(42)31-19-12-13-20-39(31)36(45)33(24(3)6-2)38-35(44)29(37-34(25)43)21-26-23-40(46-4)30-18-11-10-17-28(26)30/h10-11,17-18,23-25,29,31,33H,5-9,12-16,19-22H2,1-4H3,(H,37,43)(H,38,44)/t24?,25-,29+,31-,33+/m1/s1. The van der Waals surface area contributed by atoms with Gasteiger partial charge >= 0.3 is 0 Å². The number of fused-ring (bicyclic) bond motifs is 2. The molecule has 2 saturated heterocycles. The molecule has 2 aliphatic rings. The Labute approximate surface area is 272 Å². The lowest BCUT2D eigenvalue weighted by Gasteiger charge is -2.39. The second-order valence-corrected chi connectivity index (χ2v) is 13.1. The van der Waals surface area contributed by atoms with Crippen molar-refractivity contribution in [3.63, 3.8) is 0 Å². The van der Waals surface area contributed by atoms with E-state index in [-0.39, 0.29) is 42.1 Å². The summed E-state index contributed by atoms with van der Waals surface area (Å²) in [7, 11) is 1.57. The molecule has 3 amide bonds. The number of Topliss-reactive ketones (excluding diaryl/α,β-unsaturated/α-hetero) is 2. The Balaban J connectivity index is 1.64. The minimum atomic E-state index is -0.969. The van der Waals surface area contributed by atoms with Crippen LogP contribution < -0.4 is 15.5 Å². The summed E-state index contributed by atoms with van der Waals surface area (Å²) in [6.45, 7) is 6.36. The summed E-state index contributed by atoms with van der Waals surface area (Å²) in [6.07, 6.45) is 9.49. The van der Waals surface area contributed by atoms with Gasteiger partial charge in [0, 0.05) is 49.7 Å². The predicted octanol–water partition coefficient (Wildman–Crippen LogP) is 4.55. The molecule has 2 aromatic rings. The molecular formula is C36H52N4O6. The van der Waals surface area contributed by atoms with Crippen LogP contribution in [0.15, 0.2) is 30.5 Å². The van der Waals surface area contributed by atoms with Crippen molar-refractivity contribution in [3.8, 4) is 0 Å². The van der Waals surface area contributed by atoms with E-state index in [2.05, 4.69) is 10.6 Å². The number of benzene rings is 1. The van der Waals surface area contributed by atoms with Crippen molar-refractivity contribution in [2.45, 2.75) is 122 Å². The van der Waals surface area contributed by atoms with Gasteiger partial charge in [-0.1, -0.05) is 58.2 Å². The Hall–Kier alpha value is -3.69. The first-order valence-corrected chi connectivity index (χ1v) is 17.3. The number of carbonyl (C=O) groups excluding carboxylic acids is 5. The third kappa shape index (κ3) is 8.56. The maximum absolute atomic E-state index is 14.1. The van der Waals surface area contributed by atoms with Crippen LogP contribution >= 0.6 is 0 Å². The molecule has 0 bridgehead atoms. The number of hydrogen-bond acceptors (Lipinski definition) is 6. The normalized spacial score (nSPS) is 23.6. The van der Waals surface area contributed by atoms with Crippen molar-refractivity contribution in [3.05, 3.63) is 36.0 Å². The average molecular weight is 637 g/mol. The molecular weight excluding hydrogens is 584 g/mol. The summed E-state index contributed by atoms with van der Waals surface area (Å²) >= 11 is 0. The quantitative estimate of drug-likeness (QED) is 0.311. The minimum absolute atomic E-state index is 0.0143. The number of hydrogen-bond donors (Lipinski definition) is 2. The molecule has 1 aromatic carbocycles. The van der Waals surface area contributed by atoms with E-state index in [0.29, 0.717) is 45.1 Å². The summed E-state index contributed by atoms with van der Waals surface area (Å²) in [4.78, 5) is 75.2. The summed E-state index contributed by atoms with van der Waals surface area (Å²) in [5.74, 6) is -1.63. The summed E-state index contributed by atoms with van der Waals surface area (Å²) in [5.41, 5.74) is 1.65. The highest BCUT2D eigenvalue weighted by Crippen LogP contribution is 2.27. The van der Waals surface area contributed by atoms with Gasteiger partial charge in [0.05, 0.1) is 11.6 Å². The van der Waals surface area contributed by atoms with Crippen LogP contribution in [0.3, 0.4) is 0 Å². The maximum Gasteiger partial charge on any atom is 0.246 e. The SMILES string of the molecule is CCCC(=O)CCCCC[C@@H]1CC(=O)[C@H]2CCCCN2C(=O)[C@H](C(C)CC)NC(=O)[C@H](Cc2cn(OC)c3ccccc23)NC1=O. The van der Waals surface area contributed by atoms with E-state index in [1.807, 2.05) is 51.2 Å². The van der Waals surface area contributed by atoms with Crippen LogP contribution in [0.2, 0.25) is 0 Å². The number of amides is 3. The first-order chi connectivity index (χ1) is 22.2. The number of piperidine rings is 1. The van der Waals surface area contributed by atoms with Crippen molar-refractivity contribution in [1.82, 2.24) is 20.3 Å². The Morgan fingerprint density at radius 1 is 1.00 bits per heavy atom. The van der Waals surface area contributed by atoms with Gasteiger partial charge in [0.2, 0.25) is 17.7 Å². The number of rotatable bonds is 13. The molecule has 46 heavy (non-hydrogen) atoms. The topological polar surface area (TPSA) is 127 Å². The summed E-state index contributed by atoms with van der Waals surface area (Å²) < 4.78 is 1.63. The first-order valence-electron chi connectivity index (χ1n) is 17.3. The van der Waals surface area contributed by atoms with E-state index in [1.54, 1.807) is 16.7 Å². The van der Waals surface area contributed by atoms with E-state index in [4.69, 9.17) is 4.84 Å². The smallest absolute Gasteiger partial charge is 0.246 e. The Bertz CT molecular complexity index is 1390. The highest BCUT2D eigenvalue weighted by molar-refractivity contribution is 5.98. The van der Waals surface area contributed by atoms with E-state index in [0.717, 1.165) is 48.6 Å². The minimum Gasteiger partial charge on any atom is -0.417 e. The molecule has 10 nitrogen and oxygen atoms in total. The molecule has 0 saturated carbocycles. The van der Waals surface area contributed by atoms with Gasteiger partial charge in [-0.05, 0) is 56.1 Å². The van der Waals surface area contributed by atoms with Crippen LogP contribution in [-0.4, -0.2) is 70.7 Å². The van der Waals surface area contributed by atoms with E-state index < -0.39 is 30.0 Å². The van der Waals surface area contributed by atoms with Crippen LogP contribution in [0.1, 0.15) is 103 Å². The monoisotopic (exact) mass is 636 g/mol. The predicted molar refractivity (Wildman–Crippen MR) is 177 cm³/mol. The highest BCUT2D eigenvalue weighted by atomic mass is 16.6. The lowest BCUT2D eigenvalue weighted by atomic mass is 9.87. The number of ketones is 2. The van der Waals surface area contributed by atoms with Crippen LogP contribution in [0.5, 0.6) is 0 Å². The van der Waals surface area contributed by atoms with Crippen LogP contribution in [0, 0.1) is 11.8 Å². The van der Waals surface area contributed by atoms with Gasteiger partial charge in [0.15, 0.2) is 5.78 Å². The van der Waals surface area contributed by atoms with Crippen molar-refractivity contribution in [2.24, 2.45) is 11.8 Å². The molecule has 0 aliphatic carbocycles. The van der Waals surface area contributed by atoms with E-state index >= 15 is 0 Å². The van der Waals surface area contributed by atoms with Crippen molar-refractivity contribution in [1.29, 1.82) is 0 Å². The van der Waals surface area contributed by atoms with Gasteiger partial charge in [0.25, 0.3) is 0 Å². The number of carbonyl (C=O) groups is 5. The zero-order chi connectivity index (χ0) is 33.2. The molecule has 0 radical (unpaired) electrons. The molecule has 1 unspecified atom stereocenters. The highest BCUT2D eigenvalue weighted by Gasteiger charge is 2.41. The Kier molecular flexibility index (Phi) is 12.8. The van der Waals surface area contributed by atoms with Crippen molar-refractivity contribution < 1.29 is 28.8 Å². The second-order valence-electron chi connectivity index (χ2n) is 13.1. The van der Waals surface area contributed by atoms with E-state index in [9.17, 15) is 24.0 Å². The number of nitrogens with one attached hydrogen (secondary N) is 2. The second kappa shape index (κ2) is 16.7. The number of nitrogens with zero attached hydrogens (tertiary/aromatic N) is 2. The maximum atomic E-state index is 14.1. The summed E-state index contributed by atoms with van der Waals surface area (Å²) in [6, 6.07) is 5.32. The number of aromatic nitrogens is 1. The molecule has 2 fully saturated rings. The number of para-hydroxylation sites is 1. The molecule has 4 rings (SSSR count). The van der Waals surface area contributed by atoms with Gasteiger partial charge in [-0.25, -0.2) is 0 Å². The van der Waals surface area contributed by atoms with Gasteiger partial charge in [-0.15, -0.1) is 0 Å². The molecule has 10 heteroatoms. The molecule has 2 aliphatic heterocycles. The van der Waals surface area contributed by atoms with Gasteiger partial charge in [-0.3, -0.25) is 24.0 Å². The van der Waals surface area contributed by atoms with Crippen LogP contribution in [0.25, 0.3) is 10.9 Å². The molecule has 2 N–H and O–H groups in total. The van der Waals surface area contributed by atoms with Gasteiger partial charge < -0.3 is 20.4 Å². The average Bonchev–Trinajstić information content (AvgIpc) is 3.42.